The monoisotopic (exact) mass is 260 g/mol. The van der Waals surface area contributed by atoms with Gasteiger partial charge in [-0.1, -0.05) is 12.1 Å². The summed E-state index contributed by atoms with van der Waals surface area (Å²) in [6, 6.07) is 7.39. The molecule has 3 N–H and O–H groups in total. The molecule has 0 aromatic heterocycles. The van der Waals surface area contributed by atoms with Gasteiger partial charge in [0.2, 0.25) is 5.91 Å². The van der Waals surface area contributed by atoms with Crippen molar-refractivity contribution in [3.8, 4) is 0 Å². The molecule has 1 fully saturated rings. The third-order valence-corrected chi connectivity index (χ3v) is 3.65. The molecule has 2 rings (SSSR count). The summed E-state index contributed by atoms with van der Waals surface area (Å²) in [7, 11) is 0. The number of amides is 1. The van der Waals surface area contributed by atoms with Crippen LogP contribution in [0, 0.1) is 5.92 Å². The highest BCUT2D eigenvalue weighted by atomic mass is 16.1. The molecule has 1 saturated heterocycles. The van der Waals surface area contributed by atoms with E-state index in [1.807, 2.05) is 0 Å². The molecule has 1 aliphatic rings. The Morgan fingerprint density at radius 1 is 1.16 bits per heavy atom. The molecule has 1 heterocycles. The minimum atomic E-state index is -0.498. The van der Waals surface area contributed by atoms with Gasteiger partial charge in [0, 0.05) is 29.1 Å². The molecule has 0 aliphatic carbocycles. The van der Waals surface area contributed by atoms with Gasteiger partial charge in [0.05, 0.1) is 0 Å². The molecule has 19 heavy (non-hydrogen) atoms. The van der Waals surface area contributed by atoms with Crippen molar-refractivity contribution in [2.24, 2.45) is 11.7 Å². The molecule has 1 aliphatic heterocycles. The second-order valence-corrected chi connectivity index (χ2v) is 5.45. The maximum absolute atomic E-state index is 12.5. The van der Waals surface area contributed by atoms with Crippen LogP contribution in [0.15, 0.2) is 24.3 Å². The van der Waals surface area contributed by atoms with Gasteiger partial charge >= 0.3 is 0 Å². The summed E-state index contributed by atoms with van der Waals surface area (Å²) in [6.07, 6.45) is 1.67. The Morgan fingerprint density at radius 2 is 1.74 bits per heavy atom. The lowest BCUT2D eigenvalue weighted by Crippen LogP contribution is -2.44. The Balaban J connectivity index is 2.19. The van der Waals surface area contributed by atoms with Crippen molar-refractivity contribution >= 4 is 11.7 Å². The van der Waals surface area contributed by atoms with Crippen LogP contribution < -0.4 is 11.1 Å². The number of hydrogen-bond acceptors (Lipinski definition) is 3. The fraction of sp³-hybridized carbons (Fsp3) is 0.467. The quantitative estimate of drug-likeness (QED) is 0.813. The molecular formula is C15H20N2O2. The van der Waals surface area contributed by atoms with Crippen molar-refractivity contribution < 1.29 is 9.59 Å². The first kappa shape index (κ1) is 13.7. The van der Waals surface area contributed by atoms with E-state index in [0.717, 1.165) is 12.8 Å². The smallest absolute Gasteiger partial charge is 0.248 e. The first-order valence-electron chi connectivity index (χ1n) is 6.67. The highest BCUT2D eigenvalue weighted by molar-refractivity contribution is 6.01. The highest BCUT2D eigenvalue weighted by Gasteiger charge is 2.29. The number of carbonyl (C=O) groups excluding carboxylic acids is 2. The minimum absolute atomic E-state index is 0.0226. The lowest BCUT2D eigenvalue weighted by Gasteiger charge is -2.32. The number of hydrogen-bond donors (Lipinski definition) is 2. The first-order chi connectivity index (χ1) is 8.97. The lowest BCUT2D eigenvalue weighted by molar-refractivity contribution is 0.0863. The average molecular weight is 260 g/mol. The molecule has 102 valence electrons. The highest BCUT2D eigenvalue weighted by Crippen LogP contribution is 2.24. The Bertz CT molecular complexity index is 489. The predicted molar refractivity (Wildman–Crippen MR) is 74.1 cm³/mol. The van der Waals surface area contributed by atoms with E-state index in [0.29, 0.717) is 23.2 Å². The molecule has 4 nitrogen and oxygen atoms in total. The van der Waals surface area contributed by atoms with E-state index in [4.69, 9.17) is 5.73 Å². The number of nitrogens with two attached hydrogens (primary N) is 1. The SMILES string of the molecule is CC1CC(C(=O)c2cccc(C(N)=O)c2)CC(C)N1. The number of rotatable bonds is 3. The minimum Gasteiger partial charge on any atom is -0.366 e. The van der Waals surface area contributed by atoms with Crippen molar-refractivity contribution in [1.82, 2.24) is 5.32 Å². The van der Waals surface area contributed by atoms with Crippen LogP contribution in [-0.2, 0) is 0 Å². The van der Waals surface area contributed by atoms with Crippen molar-refractivity contribution in [3.05, 3.63) is 35.4 Å². The summed E-state index contributed by atoms with van der Waals surface area (Å²) < 4.78 is 0. The third-order valence-electron chi connectivity index (χ3n) is 3.65. The van der Waals surface area contributed by atoms with E-state index in [2.05, 4.69) is 19.2 Å². The van der Waals surface area contributed by atoms with Gasteiger partial charge in [-0.2, -0.15) is 0 Å². The molecule has 0 spiro atoms. The van der Waals surface area contributed by atoms with Gasteiger partial charge in [0.25, 0.3) is 0 Å². The summed E-state index contributed by atoms with van der Waals surface area (Å²) >= 11 is 0. The predicted octanol–water partition coefficient (Wildman–Crippen LogP) is 1.74. The molecule has 0 bridgehead atoms. The molecular weight excluding hydrogens is 240 g/mol. The van der Waals surface area contributed by atoms with Gasteiger partial charge in [-0.15, -0.1) is 0 Å². The summed E-state index contributed by atoms with van der Waals surface area (Å²) in [5.74, 6) is -0.362. The normalized spacial score (nSPS) is 26.9. The van der Waals surface area contributed by atoms with Crippen LogP contribution in [-0.4, -0.2) is 23.8 Å². The third kappa shape index (κ3) is 3.20. The molecule has 0 radical (unpaired) electrons. The number of primary amides is 1. The number of piperidine rings is 1. The lowest BCUT2D eigenvalue weighted by atomic mass is 9.83. The number of benzene rings is 1. The Morgan fingerprint density at radius 3 is 2.32 bits per heavy atom. The summed E-state index contributed by atoms with van der Waals surface area (Å²) in [5, 5.41) is 3.42. The van der Waals surface area contributed by atoms with Gasteiger partial charge in [-0.05, 0) is 38.8 Å². The van der Waals surface area contributed by atoms with Crippen LogP contribution in [0.25, 0.3) is 0 Å². The van der Waals surface area contributed by atoms with E-state index in [1.54, 1.807) is 24.3 Å². The molecule has 4 heteroatoms. The zero-order valence-corrected chi connectivity index (χ0v) is 11.3. The zero-order chi connectivity index (χ0) is 14.0. The number of nitrogens with one attached hydrogen (secondary N) is 1. The van der Waals surface area contributed by atoms with Crippen LogP contribution in [0.2, 0.25) is 0 Å². The summed E-state index contributed by atoms with van der Waals surface area (Å²) in [4.78, 5) is 23.6. The van der Waals surface area contributed by atoms with E-state index in [9.17, 15) is 9.59 Å². The van der Waals surface area contributed by atoms with Gasteiger partial charge < -0.3 is 11.1 Å². The van der Waals surface area contributed by atoms with Gasteiger partial charge in [0.15, 0.2) is 5.78 Å². The first-order valence-corrected chi connectivity index (χ1v) is 6.67. The maximum Gasteiger partial charge on any atom is 0.248 e. The fourth-order valence-corrected chi connectivity index (χ4v) is 2.85. The second kappa shape index (κ2) is 5.53. The molecule has 0 saturated carbocycles. The molecule has 1 amide bonds. The van der Waals surface area contributed by atoms with Crippen LogP contribution in [0.1, 0.15) is 47.4 Å². The topological polar surface area (TPSA) is 72.2 Å². The van der Waals surface area contributed by atoms with E-state index in [-0.39, 0.29) is 11.7 Å². The Hall–Kier alpha value is -1.68. The molecule has 1 aromatic carbocycles. The number of ketones is 1. The van der Waals surface area contributed by atoms with Crippen molar-refractivity contribution in [1.29, 1.82) is 0 Å². The Labute approximate surface area is 113 Å². The molecule has 2 unspecified atom stereocenters. The van der Waals surface area contributed by atoms with Crippen LogP contribution in [0.5, 0.6) is 0 Å². The van der Waals surface area contributed by atoms with Gasteiger partial charge in [-0.3, -0.25) is 9.59 Å². The van der Waals surface area contributed by atoms with Crippen molar-refractivity contribution in [2.75, 3.05) is 0 Å². The summed E-state index contributed by atoms with van der Waals surface area (Å²) in [5.41, 5.74) is 6.22. The van der Waals surface area contributed by atoms with E-state index >= 15 is 0 Å². The zero-order valence-electron chi connectivity index (χ0n) is 11.3. The maximum atomic E-state index is 12.5. The van der Waals surface area contributed by atoms with Crippen LogP contribution in [0.4, 0.5) is 0 Å². The second-order valence-electron chi connectivity index (χ2n) is 5.45. The van der Waals surface area contributed by atoms with E-state index < -0.39 is 5.91 Å². The van der Waals surface area contributed by atoms with Crippen molar-refractivity contribution in [2.45, 2.75) is 38.8 Å². The Kier molecular flexibility index (Phi) is 4.00. The number of carbonyl (C=O) groups is 2. The van der Waals surface area contributed by atoms with Gasteiger partial charge in [-0.25, -0.2) is 0 Å². The molecule has 2 atom stereocenters. The fourth-order valence-electron chi connectivity index (χ4n) is 2.85. The van der Waals surface area contributed by atoms with E-state index in [1.165, 1.54) is 0 Å². The summed E-state index contributed by atoms with van der Waals surface area (Å²) in [6.45, 7) is 4.19. The molecule has 1 aromatic rings. The largest absolute Gasteiger partial charge is 0.366 e. The van der Waals surface area contributed by atoms with Crippen LogP contribution >= 0.6 is 0 Å². The number of Topliss-reactive ketones (excluding diaryl/α,β-unsaturated/α-hetero) is 1. The van der Waals surface area contributed by atoms with Gasteiger partial charge in [0.1, 0.15) is 0 Å². The average Bonchev–Trinajstić information content (AvgIpc) is 2.37. The van der Waals surface area contributed by atoms with Crippen LogP contribution in [0.3, 0.4) is 0 Å². The van der Waals surface area contributed by atoms with Crippen molar-refractivity contribution in [3.63, 3.8) is 0 Å². The standard InChI is InChI=1S/C15H20N2O2/c1-9-6-13(7-10(2)17-9)14(18)11-4-3-5-12(8-11)15(16)19/h3-5,8-10,13,17H,6-7H2,1-2H3,(H2,16,19).